The molecule has 0 atom stereocenters. The molecule has 0 radical (unpaired) electrons. The summed E-state index contributed by atoms with van der Waals surface area (Å²) in [7, 11) is 0. The molecule has 0 bridgehead atoms. The zero-order valence-electron chi connectivity index (χ0n) is 11.2. The summed E-state index contributed by atoms with van der Waals surface area (Å²) in [5.74, 6) is -0.0683. The van der Waals surface area contributed by atoms with Crippen molar-refractivity contribution in [3.8, 4) is 0 Å². The molecule has 0 aliphatic rings. The lowest BCUT2D eigenvalue weighted by Crippen LogP contribution is -2.36. The quantitative estimate of drug-likeness (QED) is 0.843. The number of carbonyl (C=O) groups is 1. The van der Waals surface area contributed by atoms with E-state index in [0.717, 1.165) is 5.56 Å². The smallest absolute Gasteiger partial charge is 0.273 e. The Balaban J connectivity index is 2.19. The molecular weight excluding hydrogens is 238 g/mol. The molecule has 0 N–H and O–H groups in total. The number of benzene rings is 1. The summed E-state index contributed by atoms with van der Waals surface area (Å²) >= 11 is 0. The molecule has 4 heteroatoms. The molecule has 1 amide bonds. The Kier molecular flexibility index (Phi) is 4.23. The highest BCUT2D eigenvalue weighted by Gasteiger charge is 2.19. The molecule has 1 aromatic heterocycles. The van der Waals surface area contributed by atoms with E-state index in [1.165, 1.54) is 6.33 Å². The van der Waals surface area contributed by atoms with E-state index in [2.05, 4.69) is 9.97 Å². The Hall–Kier alpha value is -2.23. The molecule has 98 valence electrons. The second-order valence-electron chi connectivity index (χ2n) is 4.61. The van der Waals surface area contributed by atoms with Gasteiger partial charge in [-0.3, -0.25) is 4.79 Å². The summed E-state index contributed by atoms with van der Waals surface area (Å²) in [6, 6.07) is 11.7. The Morgan fingerprint density at radius 3 is 2.53 bits per heavy atom. The Bertz CT molecular complexity index is 526. The fourth-order valence-corrected chi connectivity index (χ4v) is 1.83. The average molecular weight is 255 g/mol. The fourth-order valence-electron chi connectivity index (χ4n) is 1.83. The lowest BCUT2D eigenvalue weighted by molar-refractivity contribution is 0.0684. The second-order valence-corrected chi connectivity index (χ2v) is 4.61. The number of nitrogens with zero attached hydrogens (tertiary/aromatic N) is 3. The fraction of sp³-hybridized carbons (Fsp3) is 0.267. The van der Waals surface area contributed by atoms with Crippen molar-refractivity contribution in [2.75, 3.05) is 0 Å². The first-order valence-electron chi connectivity index (χ1n) is 6.29. The number of hydrogen-bond acceptors (Lipinski definition) is 3. The molecular formula is C15H17N3O. The van der Waals surface area contributed by atoms with E-state index in [9.17, 15) is 4.79 Å². The Morgan fingerprint density at radius 1 is 1.21 bits per heavy atom. The Morgan fingerprint density at radius 2 is 1.95 bits per heavy atom. The van der Waals surface area contributed by atoms with Gasteiger partial charge in [0, 0.05) is 18.8 Å². The van der Waals surface area contributed by atoms with Crippen LogP contribution in [0.1, 0.15) is 29.9 Å². The average Bonchev–Trinajstić information content (AvgIpc) is 2.46. The molecule has 19 heavy (non-hydrogen) atoms. The molecule has 1 aromatic carbocycles. The molecule has 2 aromatic rings. The van der Waals surface area contributed by atoms with Crippen molar-refractivity contribution >= 4 is 5.91 Å². The number of aromatic nitrogens is 2. The van der Waals surface area contributed by atoms with E-state index in [1.54, 1.807) is 17.2 Å². The van der Waals surface area contributed by atoms with Gasteiger partial charge in [-0.15, -0.1) is 0 Å². The highest BCUT2D eigenvalue weighted by molar-refractivity contribution is 5.92. The second kappa shape index (κ2) is 6.09. The summed E-state index contributed by atoms with van der Waals surface area (Å²) in [5, 5.41) is 0. The SMILES string of the molecule is CC(C)N(Cc1ccccc1)C(=O)c1ccncn1. The molecule has 0 fully saturated rings. The van der Waals surface area contributed by atoms with E-state index < -0.39 is 0 Å². The van der Waals surface area contributed by atoms with Gasteiger partial charge in [-0.1, -0.05) is 30.3 Å². The normalized spacial score (nSPS) is 10.5. The molecule has 0 aliphatic heterocycles. The van der Waals surface area contributed by atoms with E-state index in [4.69, 9.17) is 0 Å². The first-order chi connectivity index (χ1) is 9.18. The monoisotopic (exact) mass is 255 g/mol. The van der Waals surface area contributed by atoms with Crippen LogP contribution in [0, 0.1) is 0 Å². The topological polar surface area (TPSA) is 46.1 Å². The summed E-state index contributed by atoms with van der Waals surface area (Å²) in [4.78, 5) is 22.1. The van der Waals surface area contributed by atoms with Gasteiger partial charge in [0.1, 0.15) is 12.0 Å². The van der Waals surface area contributed by atoms with E-state index in [1.807, 2.05) is 44.2 Å². The van der Waals surface area contributed by atoms with Crippen molar-refractivity contribution in [1.82, 2.24) is 14.9 Å². The summed E-state index contributed by atoms with van der Waals surface area (Å²) in [5.41, 5.74) is 1.54. The molecule has 2 rings (SSSR count). The standard InChI is InChI=1S/C15H17N3O/c1-12(2)18(10-13-6-4-3-5-7-13)15(19)14-8-9-16-11-17-14/h3-9,11-12H,10H2,1-2H3. The van der Waals surface area contributed by atoms with Crippen LogP contribution in [0.5, 0.6) is 0 Å². The lowest BCUT2D eigenvalue weighted by Gasteiger charge is -2.26. The van der Waals surface area contributed by atoms with Gasteiger partial charge in [0.25, 0.3) is 5.91 Å². The minimum absolute atomic E-state index is 0.0683. The largest absolute Gasteiger partial charge is 0.331 e. The third-order valence-corrected chi connectivity index (χ3v) is 2.88. The predicted molar refractivity (Wildman–Crippen MR) is 73.5 cm³/mol. The molecule has 4 nitrogen and oxygen atoms in total. The lowest BCUT2D eigenvalue weighted by atomic mass is 10.1. The van der Waals surface area contributed by atoms with Gasteiger partial charge >= 0.3 is 0 Å². The van der Waals surface area contributed by atoms with Crippen molar-refractivity contribution in [2.24, 2.45) is 0 Å². The molecule has 0 saturated carbocycles. The van der Waals surface area contributed by atoms with Crippen molar-refractivity contribution in [1.29, 1.82) is 0 Å². The molecule has 0 unspecified atom stereocenters. The zero-order chi connectivity index (χ0) is 13.7. The van der Waals surface area contributed by atoms with Gasteiger partial charge < -0.3 is 4.90 Å². The van der Waals surface area contributed by atoms with Gasteiger partial charge in [0.05, 0.1) is 0 Å². The molecule has 0 aliphatic carbocycles. The minimum atomic E-state index is -0.0683. The van der Waals surface area contributed by atoms with Crippen LogP contribution in [0.15, 0.2) is 48.9 Å². The third kappa shape index (κ3) is 3.37. The molecule has 1 heterocycles. The maximum atomic E-state index is 12.4. The van der Waals surface area contributed by atoms with Crippen LogP contribution >= 0.6 is 0 Å². The van der Waals surface area contributed by atoms with Crippen LogP contribution in [-0.4, -0.2) is 26.8 Å². The van der Waals surface area contributed by atoms with Crippen molar-refractivity contribution < 1.29 is 4.79 Å². The Labute approximate surface area is 113 Å². The molecule has 0 saturated heterocycles. The predicted octanol–water partition coefficient (Wildman–Crippen LogP) is 2.53. The zero-order valence-corrected chi connectivity index (χ0v) is 11.2. The van der Waals surface area contributed by atoms with Gasteiger partial charge in [0.15, 0.2) is 0 Å². The van der Waals surface area contributed by atoms with Crippen molar-refractivity contribution in [3.63, 3.8) is 0 Å². The van der Waals surface area contributed by atoms with Crippen LogP contribution in [0.3, 0.4) is 0 Å². The van der Waals surface area contributed by atoms with Crippen LogP contribution in [-0.2, 0) is 6.54 Å². The summed E-state index contributed by atoms with van der Waals surface area (Å²) in [6.45, 7) is 4.59. The first kappa shape index (κ1) is 13.2. The highest BCUT2D eigenvalue weighted by atomic mass is 16.2. The number of amides is 1. The molecule has 0 spiro atoms. The van der Waals surface area contributed by atoms with Gasteiger partial charge in [0.2, 0.25) is 0 Å². The van der Waals surface area contributed by atoms with Crippen molar-refractivity contribution in [2.45, 2.75) is 26.4 Å². The number of rotatable bonds is 4. The summed E-state index contributed by atoms with van der Waals surface area (Å²) in [6.07, 6.45) is 2.98. The van der Waals surface area contributed by atoms with E-state index in [0.29, 0.717) is 12.2 Å². The number of hydrogen-bond donors (Lipinski definition) is 0. The van der Waals surface area contributed by atoms with Crippen LogP contribution < -0.4 is 0 Å². The van der Waals surface area contributed by atoms with E-state index in [-0.39, 0.29) is 11.9 Å². The van der Waals surface area contributed by atoms with Crippen LogP contribution in [0.25, 0.3) is 0 Å². The number of carbonyl (C=O) groups excluding carboxylic acids is 1. The van der Waals surface area contributed by atoms with Crippen LogP contribution in [0.4, 0.5) is 0 Å². The van der Waals surface area contributed by atoms with Crippen molar-refractivity contribution in [3.05, 3.63) is 60.2 Å². The van der Waals surface area contributed by atoms with Gasteiger partial charge in [-0.05, 0) is 25.5 Å². The van der Waals surface area contributed by atoms with Gasteiger partial charge in [-0.25, -0.2) is 9.97 Å². The minimum Gasteiger partial charge on any atom is -0.331 e. The van der Waals surface area contributed by atoms with Crippen LogP contribution in [0.2, 0.25) is 0 Å². The maximum Gasteiger partial charge on any atom is 0.273 e. The van der Waals surface area contributed by atoms with E-state index >= 15 is 0 Å². The maximum absolute atomic E-state index is 12.4. The highest BCUT2D eigenvalue weighted by Crippen LogP contribution is 2.11. The third-order valence-electron chi connectivity index (χ3n) is 2.88. The first-order valence-corrected chi connectivity index (χ1v) is 6.29. The van der Waals surface area contributed by atoms with Gasteiger partial charge in [-0.2, -0.15) is 0 Å². The summed E-state index contributed by atoms with van der Waals surface area (Å²) < 4.78 is 0.